The minimum absolute atomic E-state index is 0.0524. The number of hydrogen-bond donors (Lipinski definition) is 1. The fraction of sp³-hybridized carbons (Fsp3) is 0.762. The summed E-state index contributed by atoms with van der Waals surface area (Å²) < 4.78 is 0. The van der Waals surface area contributed by atoms with Gasteiger partial charge in [-0.3, -0.25) is 9.59 Å². The Morgan fingerprint density at radius 2 is 0.870 bits per heavy atom. The van der Waals surface area contributed by atoms with Crippen molar-refractivity contribution in [1.82, 2.24) is 0 Å². The van der Waals surface area contributed by atoms with Crippen molar-refractivity contribution in [3.05, 3.63) is 48.6 Å². The van der Waals surface area contributed by atoms with E-state index in [0.29, 0.717) is 32.1 Å². The van der Waals surface area contributed by atoms with E-state index in [9.17, 15) is 9.59 Å². The van der Waals surface area contributed by atoms with Gasteiger partial charge in [0.05, 0.1) is 5.00 Å². The molecule has 2 N–H and O–H groups in total. The molecule has 0 fully saturated rings. The van der Waals surface area contributed by atoms with E-state index in [1.165, 1.54) is 89.9 Å². The van der Waals surface area contributed by atoms with E-state index in [1.807, 2.05) is 0 Å². The van der Waals surface area contributed by atoms with Crippen LogP contribution in [0.25, 0.3) is 0 Å². The molecule has 0 amide bonds. The Hall–Kier alpha value is -1.45. The minimum atomic E-state index is -0.885. The molecule has 46 heavy (non-hydrogen) atoms. The van der Waals surface area contributed by atoms with Crippen LogP contribution in [0.3, 0.4) is 0 Å². The second-order valence-corrected chi connectivity index (χ2v) is 14.7. The van der Waals surface area contributed by atoms with Crippen molar-refractivity contribution in [1.29, 1.82) is 0 Å². The largest absolute Gasteiger partial charge is 0.313 e. The molecule has 0 heterocycles. The second-order valence-electron chi connectivity index (χ2n) is 13.8. The van der Waals surface area contributed by atoms with E-state index in [1.54, 1.807) is 6.92 Å². The van der Waals surface area contributed by atoms with Crippen molar-refractivity contribution >= 4 is 23.2 Å². The molecule has 0 aliphatic heterocycles. The molecule has 0 aliphatic carbocycles. The average molecular weight is 661 g/mol. The quantitative estimate of drug-likeness (QED) is 0.0323. The lowest BCUT2D eigenvalue weighted by molar-refractivity contribution is -0.122. The standard InChI is InChI=1S/C42H74ClNO2/c1-4-6-8-10-12-14-16-18-20-22-24-26-28-30-32-34-40(45)36-39(38-42(3,43)44)37-41(46)35-33-31-29-27-25-23-21-19-17-15-13-11-9-7-5-2/h12-15,18-21,39H,4-11,16-17,22-38,44H2,1-3H3/b14-12-,15-13-,20-18-,21-19-. The lowest BCUT2D eigenvalue weighted by Gasteiger charge is -2.23. The SMILES string of the molecule is CCCCC/C=C\C/C=C\CCCCCCCC(=O)CC(CC(=O)CCCCCCC/C=C\C/C=C\CCCCC)CC(C)(N)Cl. The minimum Gasteiger partial charge on any atom is -0.313 e. The summed E-state index contributed by atoms with van der Waals surface area (Å²) in [7, 11) is 0. The summed E-state index contributed by atoms with van der Waals surface area (Å²) in [5.74, 6) is 0.450. The van der Waals surface area contributed by atoms with Gasteiger partial charge >= 0.3 is 0 Å². The third-order valence-electron chi connectivity index (χ3n) is 8.53. The van der Waals surface area contributed by atoms with E-state index in [-0.39, 0.29) is 17.5 Å². The number of hydrogen-bond acceptors (Lipinski definition) is 3. The van der Waals surface area contributed by atoms with Gasteiger partial charge in [-0.1, -0.05) is 127 Å². The van der Waals surface area contributed by atoms with Crippen molar-refractivity contribution in [3.8, 4) is 0 Å². The van der Waals surface area contributed by atoms with Gasteiger partial charge in [0.15, 0.2) is 0 Å². The number of halogens is 1. The van der Waals surface area contributed by atoms with Crippen LogP contribution in [0.15, 0.2) is 48.6 Å². The predicted molar refractivity (Wildman–Crippen MR) is 205 cm³/mol. The smallest absolute Gasteiger partial charge is 0.133 e. The molecule has 266 valence electrons. The highest BCUT2D eigenvalue weighted by atomic mass is 35.5. The highest BCUT2D eigenvalue weighted by Gasteiger charge is 2.25. The molecule has 0 saturated carbocycles. The highest BCUT2D eigenvalue weighted by molar-refractivity contribution is 6.23. The summed E-state index contributed by atoms with van der Waals surface area (Å²) in [5, 5.41) is 0. The van der Waals surface area contributed by atoms with Gasteiger partial charge in [-0.2, -0.15) is 0 Å². The Labute approximate surface area is 291 Å². The molecule has 1 unspecified atom stereocenters. The normalized spacial score (nSPS) is 13.7. The Balaban J connectivity index is 3.98. The monoisotopic (exact) mass is 660 g/mol. The number of Topliss-reactive ketones (excluding diaryl/α,β-unsaturated/α-hetero) is 2. The van der Waals surface area contributed by atoms with E-state index in [2.05, 4.69) is 62.5 Å². The lowest BCUT2D eigenvalue weighted by Crippen LogP contribution is -2.33. The van der Waals surface area contributed by atoms with Crippen LogP contribution < -0.4 is 5.73 Å². The van der Waals surface area contributed by atoms with Crippen LogP contribution in [0, 0.1) is 5.92 Å². The van der Waals surface area contributed by atoms with Crippen molar-refractivity contribution in [3.63, 3.8) is 0 Å². The van der Waals surface area contributed by atoms with Crippen LogP contribution in [-0.4, -0.2) is 16.6 Å². The van der Waals surface area contributed by atoms with E-state index in [4.69, 9.17) is 17.3 Å². The maximum Gasteiger partial charge on any atom is 0.133 e. The number of nitrogens with two attached hydrogens (primary N) is 1. The highest BCUT2D eigenvalue weighted by Crippen LogP contribution is 2.26. The summed E-state index contributed by atoms with van der Waals surface area (Å²) in [6.45, 7) is 6.26. The van der Waals surface area contributed by atoms with Crippen LogP contribution in [0.1, 0.15) is 194 Å². The Morgan fingerprint density at radius 3 is 1.22 bits per heavy atom. The Morgan fingerprint density at radius 1 is 0.543 bits per heavy atom. The van der Waals surface area contributed by atoms with Crippen molar-refractivity contribution in [2.75, 3.05) is 0 Å². The molecule has 0 saturated heterocycles. The topological polar surface area (TPSA) is 60.2 Å². The molecular weight excluding hydrogens is 586 g/mol. The summed E-state index contributed by atoms with van der Waals surface area (Å²) in [6, 6.07) is 0. The molecule has 0 aliphatic rings. The van der Waals surface area contributed by atoms with Gasteiger partial charge in [0.2, 0.25) is 0 Å². The van der Waals surface area contributed by atoms with Gasteiger partial charge in [0, 0.05) is 25.7 Å². The summed E-state index contributed by atoms with van der Waals surface area (Å²) in [6.07, 6.45) is 46.8. The third-order valence-corrected chi connectivity index (χ3v) is 8.69. The van der Waals surface area contributed by atoms with Crippen LogP contribution in [0.5, 0.6) is 0 Å². The number of unbranched alkanes of at least 4 members (excludes halogenated alkanes) is 16. The summed E-state index contributed by atoms with van der Waals surface area (Å²) in [5.41, 5.74) is 6.09. The zero-order valence-electron chi connectivity index (χ0n) is 30.6. The number of allylic oxidation sites excluding steroid dienone is 8. The van der Waals surface area contributed by atoms with Crippen LogP contribution >= 0.6 is 11.6 Å². The summed E-state index contributed by atoms with van der Waals surface area (Å²) in [4.78, 5) is 24.6. The average Bonchev–Trinajstić information content (AvgIpc) is 3.00. The molecule has 0 bridgehead atoms. The number of alkyl halides is 1. The molecule has 0 spiro atoms. The van der Waals surface area contributed by atoms with Crippen molar-refractivity contribution < 1.29 is 9.59 Å². The zero-order chi connectivity index (χ0) is 34.0. The van der Waals surface area contributed by atoms with Crippen LogP contribution in [-0.2, 0) is 9.59 Å². The first kappa shape index (κ1) is 44.5. The molecule has 0 aromatic heterocycles. The Bertz CT molecular complexity index is 760. The molecular formula is C42H74ClNO2. The number of rotatable bonds is 34. The summed E-state index contributed by atoms with van der Waals surface area (Å²) >= 11 is 6.33. The van der Waals surface area contributed by atoms with Gasteiger partial charge in [-0.15, -0.1) is 11.6 Å². The van der Waals surface area contributed by atoms with Gasteiger partial charge in [-0.25, -0.2) is 0 Å². The molecule has 3 nitrogen and oxygen atoms in total. The molecule has 0 aromatic rings. The number of carbonyl (C=O) groups excluding carboxylic acids is 2. The van der Waals surface area contributed by atoms with E-state index in [0.717, 1.165) is 51.4 Å². The first-order valence-corrected chi connectivity index (χ1v) is 19.8. The van der Waals surface area contributed by atoms with Gasteiger partial charge in [0.1, 0.15) is 11.6 Å². The maximum atomic E-state index is 12.7. The van der Waals surface area contributed by atoms with Crippen LogP contribution in [0.2, 0.25) is 0 Å². The number of ketones is 2. The third kappa shape index (κ3) is 35.4. The van der Waals surface area contributed by atoms with Crippen LogP contribution in [0.4, 0.5) is 0 Å². The Kier molecular flexibility index (Phi) is 32.4. The second kappa shape index (κ2) is 33.5. The van der Waals surface area contributed by atoms with E-state index < -0.39 is 5.00 Å². The van der Waals surface area contributed by atoms with Gasteiger partial charge in [0.25, 0.3) is 0 Å². The first-order chi connectivity index (χ1) is 22.3. The molecule has 0 rings (SSSR count). The molecule has 4 heteroatoms. The first-order valence-electron chi connectivity index (χ1n) is 19.4. The predicted octanol–water partition coefficient (Wildman–Crippen LogP) is 13.5. The fourth-order valence-electron chi connectivity index (χ4n) is 5.90. The van der Waals surface area contributed by atoms with Gasteiger partial charge in [-0.05, 0) is 96.3 Å². The lowest BCUT2D eigenvalue weighted by atomic mass is 9.88. The maximum absolute atomic E-state index is 12.7. The molecule has 0 aromatic carbocycles. The van der Waals surface area contributed by atoms with Crippen molar-refractivity contribution in [2.24, 2.45) is 11.7 Å². The number of carbonyl (C=O) groups is 2. The van der Waals surface area contributed by atoms with Gasteiger partial charge < -0.3 is 5.73 Å². The molecule has 1 atom stereocenters. The van der Waals surface area contributed by atoms with E-state index >= 15 is 0 Å². The fourth-order valence-corrected chi connectivity index (χ4v) is 6.11. The molecule has 0 radical (unpaired) electrons. The van der Waals surface area contributed by atoms with Crippen molar-refractivity contribution in [2.45, 2.75) is 199 Å². The zero-order valence-corrected chi connectivity index (χ0v) is 31.3.